The Kier molecular flexibility index (Phi) is 1.78. The van der Waals surface area contributed by atoms with Gasteiger partial charge < -0.3 is 0 Å². The van der Waals surface area contributed by atoms with Crippen LogP contribution in [0, 0.1) is 0 Å². The fourth-order valence-electron chi connectivity index (χ4n) is 2.35. The molecule has 0 heterocycles. The van der Waals surface area contributed by atoms with Crippen LogP contribution in [0.1, 0.15) is 22.9 Å². The third kappa shape index (κ3) is 1.07. The van der Waals surface area contributed by atoms with Crippen molar-refractivity contribution in [3.63, 3.8) is 0 Å². The Balaban J connectivity index is 2.38. The number of halogens is 1. The standard InChI is InChI=1S/C13H11Cl/c14-13-8-7-11-10-4-2-1-3-9(10)5-6-12(11)13/h1-6,13H,7-8H2. The van der Waals surface area contributed by atoms with E-state index in [-0.39, 0.29) is 5.38 Å². The molecule has 0 saturated heterocycles. The zero-order valence-corrected chi connectivity index (χ0v) is 8.59. The lowest BCUT2D eigenvalue weighted by Gasteiger charge is -2.05. The van der Waals surface area contributed by atoms with E-state index in [1.54, 1.807) is 0 Å². The Labute approximate surface area is 88.5 Å². The Morgan fingerprint density at radius 2 is 1.93 bits per heavy atom. The van der Waals surface area contributed by atoms with Crippen molar-refractivity contribution in [2.75, 3.05) is 0 Å². The monoisotopic (exact) mass is 202 g/mol. The predicted octanol–water partition coefficient (Wildman–Crippen LogP) is 4.07. The summed E-state index contributed by atoms with van der Waals surface area (Å²) in [6.07, 6.45) is 2.22. The molecular weight excluding hydrogens is 192 g/mol. The summed E-state index contributed by atoms with van der Waals surface area (Å²) in [4.78, 5) is 0. The molecule has 0 aromatic heterocycles. The minimum atomic E-state index is 0.231. The lowest BCUT2D eigenvalue weighted by Crippen LogP contribution is -1.85. The number of hydrogen-bond acceptors (Lipinski definition) is 0. The SMILES string of the molecule is ClC1CCc2c1ccc1ccccc21. The molecular formula is C13H11Cl. The van der Waals surface area contributed by atoms with Gasteiger partial charge in [-0.1, -0.05) is 36.4 Å². The Bertz CT molecular complexity index is 488. The molecule has 1 unspecified atom stereocenters. The fraction of sp³-hybridized carbons (Fsp3) is 0.231. The van der Waals surface area contributed by atoms with Crippen LogP contribution in [0.3, 0.4) is 0 Å². The largest absolute Gasteiger partial charge is 0.118 e. The molecule has 70 valence electrons. The van der Waals surface area contributed by atoms with Crippen molar-refractivity contribution in [1.29, 1.82) is 0 Å². The van der Waals surface area contributed by atoms with Gasteiger partial charge in [0.15, 0.2) is 0 Å². The topological polar surface area (TPSA) is 0 Å². The van der Waals surface area contributed by atoms with Gasteiger partial charge in [0, 0.05) is 0 Å². The smallest absolute Gasteiger partial charge is 0.0591 e. The van der Waals surface area contributed by atoms with Gasteiger partial charge in [0.2, 0.25) is 0 Å². The lowest BCUT2D eigenvalue weighted by molar-refractivity contribution is 0.883. The summed E-state index contributed by atoms with van der Waals surface area (Å²) < 4.78 is 0. The molecule has 1 heteroatoms. The molecule has 0 nitrogen and oxygen atoms in total. The highest BCUT2D eigenvalue weighted by atomic mass is 35.5. The van der Waals surface area contributed by atoms with E-state index in [4.69, 9.17) is 11.6 Å². The summed E-state index contributed by atoms with van der Waals surface area (Å²) in [6.45, 7) is 0. The molecule has 2 aromatic carbocycles. The molecule has 2 aromatic rings. The number of benzene rings is 2. The van der Waals surface area contributed by atoms with Crippen molar-refractivity contribution in [3.8, 4) is 0 Å². The minimum absolute atomic E-state index is 0.231. The first-order valence-corrected chi connectivity index (χ1v) is 5.44. The summed E-state index contributed by atoms with van der Waals surface area (Å²) >= 11 is 6.24. The summed E-state index contributed by atoms with van der Waals surface area (Å²) in [6, 6.07) is 12.9. The highest BCUT2D eigenvalue weighted by Crippen LogP contribution is 2.39. The van der Waals surface area contributed by atoms with Crippen LogP contribution in [0.2, 0.25) is 0 Å². The normalized spacial score (nSPS) is 19.9. The number of alkyl halides is 1. The zero-order chi connectivity index (χ0) is 9.54. The third-order valence-corrected chi connectivity index (χ3v) is 3.52. The van der Waals surface area contributed by atoms with Crippen molar-refractivity contribution < 1.29 is 0 Å². The summed E-state index contributed by atoms with van der Waals surface area (Å²) in [7, 11) is 0. The minimum Gasteiger partial charge on any atom is -0.118 e. The Morgan fingerprint density at radius 3 is 2.86 bits per heavy atom. The molecule has 14 heavy (non-hydrogen) atoms. The number of aryl methyl sites for hydroxylation is 1. The summed E-state index contributed by atoms with van der Waals surface area (Å²) in [5.74, 6) is 0. The molecule has 0 N–H and O–H groups in total. The van der Waals surface area contributed by atoms with Crippen molar-refractivity contribution in [2.24, 2.45) is 0 Å². The molecule has 1 aliphatic carbocycles. The predicted molar refractivity (Wildman–Crippen MR) is 60.9 cm³/mol. The van der Waals surface area contributed by atoms with Crippen molar-refractivity contribution in [2.45, 2.75) is 18.2 Å². The fourth-order valence-corrected chi connectivity index (χ4v) is 2.67. The zero-order valence-electron chi connectivity index (χ0n) is 7.83. The van der Waals surface area contributed by atoms with Gasteiger partial charge in [0.1, 0.15) is 0 Å². The second kappa shape index (κ2) is 2.99. The van der Waals surface area contributed by atoms with Crippen LogP contribution < -0.4 is 0 Å². The van der Waals surface area contributed by atoms with E-state index in [1.165, 1.54) is 21.9 Å². The van der Waals surface area contributed by atoms with Crippen molar-refractivity contribution in [1.82, 2.24) is 0 Å². The van der Waals surface area contributed by atoms with Gasteiger partial charge >= 0.3 is 0 Å². The van der Waals surface area contributed by atoms with E-state index in [2.05, 4.69) is 36.4 Å². The second-order valence-electron chi connectivity index (χ2n) is 3.86. The second-order valence-corrected chi connectivity index (χ2v) is 4.39. The molecule has 0 saturated carbocycles. The summed E-state index contributed by atoms with van der Waals surface area (Å²) in [5, 5.41) is 2.94. The van der Waals surface area contributed by atoms with Gasteiger partial charge in [0.25, 0.3) is 0 Å². The first-order chi connectivity index (χ1) is 6.86. The van der Waals surface area contributed by atoms with E-state index in [0.29, 0.717) is 0 Å². The molecule has 0 radical (unpaired) electrons. The molecule has 0 spiro atoms. The van der Waals surface area contributed by atoms with E-state index < -0.39 is 0 Å². The molecule has 0 bridgehead atoms. The Morgan fingerprint density at radius 1 is 1.07 bits per heavy atom. The molecule has 0 amide bonds. The van der Waals surface area contributed by atoms with Crippen LogP contribution in [-0.4, -0.2) is 0 Å². The van der Waals surface area contributed by atoms with Crippen molar-refractivity contribution >= 4 is 22.4 Å². The number of fused-ring (bicyclic) bond motifs is 3. The maximum absolute atomic E-state index is 6.24. The highest BCUT2D eigenvalue weighted by molar-refractivity contribution is 6.21. The molecule has 1 aliphatic rings. The van der Waals surface area contributed by atoms with Gasteiger partial charge in [-0.05, 0) is 34.7 Å². The first kappa shape index (κ1) is 8.31. The van der Waals surface area contributed by atoms with Crippen molar-refractivity contribution in [3.05, 3.63) is 47.5 Å². The van der Waals surface area contributed by atoms with Crippen LogP contribution in [0.25, 0.3) is 10.8 Å². The van der Waals surface area contributed by atoms with Crippen LogP contribution in [0.15, 0.2) is 36.4 Å². The maximum atomic E-state index is 6.24. The third-order valence-electron chi connectivity index (χ3n) is 3.06. The van der Waals surface area contributed by atoms with E-state index in [9.17, 15) is 0 Å². The van der Waals surface area contributed by atoms with Crippen LogP contribution in [0.5, 0.6) is 0 Å². The van der Waals surface area contributed by atoms with Crippen LogP contribution >= 0.6 is 11.6 Å². The van der Waals surface area contributed by atoms with Gasteiger partial charge in [-0.3, -0.25) is 0 Å². The molecule has 0 aliphatic heterocycles. The number of hydrogen-bond donors (Lipinski definition) is 0. The maximum Gasteiger partial charge on any atom is 0.0591 e. The van der Waals surface area contributed by atoms with Gasteiger partial charge in [-0.15, -0.1) is 11.6 Å². The quantitative estimate of drug-likeness (QED) is 0.565. The van der Waals surface area contributed by atoms with Crippen LogP contribution in [0.4, 0.5) is 0 Å². The van der Waals surface area contributed by atoms with Gasteiger partial charge in [0.05, 0.1) is 5.38 Å². The van der Waals surface area contributed by atoms with E-state index >= 15 is 0 Å². The van der Waals surface area contributed by atoms with E-state index in [1.807, 2.05) is 0 Å². The Hall–Kier alpha value is -1.01. The molecule has 1 atom stereocenters. The van der Waals surface area contributed by atoms with E-state index in [0.717, 1.165) is 12.8 Å². The lowest BCUT2D eigenvalue weighted by atomic mass is 10.0. The number of rotatable bonds is 0. The molecule has 3 rings (SSSR count). The highest BCUT2D eigenvalue weighted by Gasteiger charge is 2.21. The molecule has 0 fully saturated rings. The van der Waals surface area contributed by atoms with Gasteiger partial charge in [-0.25, -0.2) is 0 Å². The van der Waals surface area contributed by atoms with Crippen LogP contribution in [-0.2, 0) is 6.42 Å². The van der Waals surface area contributed by atoms with Gasteiger partial charge in [-0.2, -0.15) is 0 Å². The summed E-state index contributed by atoms with van der Waals surface area (Å²) in [5.41, 5.74) is 2.80. The average Bonchev–Trinajstić information content (AvgIpc) is 2.61. The average molecular weight is 203 g/mol. The first-order valence-electron chi connectivity index (χ1n) is 5.01.